The molecule has 0 saturated heterocycles. The third-order valence-corrected chi connectivity index (χ3v) is 2.69. The molecule has 2 amide bonds. The molecule has 7 nitrogen and oxygen atoms in total. The lowest BCUT2D eigenvalue weighted by molar-refractivity contribution is -0.384. The zero-order valence-electron chi connectivity index (χ0n) is 9.37. The number of carbonyl (C=O) groups excluding carboxylic acids is 3. The summed E-state index contributed by atoms with van der Waals surface area (Å²) < 4.78 is 0. The highest BCUT2D eigenvalue weighted by Crippen LogP contribution is 2.24. The first-order valence-electron chi connectivity index (χ1n) is 5.16. The van der Waals surface area contributed by atoms with Crippen molar-refractivity contribution in [2.75, 3.05) is 6.54 Å². The number of hydrogen-bond acceptors (Lipinski definition) is 5. The third-order valence-electron chi connectivity index (χ3n) is 2.69. The van der Waals surface area contributed by atoms with Crippen LogP contribution in [0.25, 0.3) is 0 Å². The summed E-state index contributed by atoms with van der Waals surface area (Å²) in [5, 5.41) is 10.6. The van der Waals surface area contributed by atoms with E-state index in [-0.39, 0.29) is 23.4 Å². The number of ketones is 1. The number of nitro benzene ring substituents is 1. The lowest BCUT2D eigenvalue weighted by Gasteiger charge is -2.23. The monoisotopic (exact) mass is 248 g/mol. The molecule has 18 heavy (non-hydrogen) atoms. The molecule has 1 aliphatic heterocycles. The molecule has 92 valence electrons. The van der Waals surface area contributed by atoms with Crippen LogP contribution in [0.5, 0.6) is 0 Å². The lowest BCUT2D eigenvalue weighted by atomic mass is 9.97. The van der Waals surface area contributed by atoms with Crippen molar-refractivity contribution in [2.24, 2.45) is 0 Å². The van der Waals surface area contributed by atoms with Gasteiger partial charge in [0, 0.05) is 24.2 Å². The van der Waals surface area contributed by atoms with Gasteiger partial charge in [-0.15, -0.1) is 0 Å². The van der Waals surface area contributed by atoms with E-state index in [0.29, 0.717) is 0 Å². The highest BCUT2D eigenvalue weighted by Gasteiger charge is 2.37. The molecule has 0 N–H and O–H groups in total. The van der Waals surface area contributed by atoms with Gasteiger partial charge in [-0.05, 0) is 13.0 Å². The molecular weight excluding hydrogens is 240 g/mol. The molecule has 0 bridgehead atoms. The maximum absolute atomic E-state index is 11.9. The van der Waals surface area contributed by atoms with Crippen LogP contribution >= 0.6 is 0 Å². The molecule has 0 aromatic heterocycles. The average molecular weight is 248 g/mol. The van der Waals surface area contributed by atoms with Gasteiger partial charge in [0.15, 0.2) is 0 Å². The standard InChI is InChI=1S/C11H8N2O5/c1-2-12-10(15)8-5-6(13(17)18)3-4-7(8)9(14)11(12)16/h3-5H,2H2,1H3. The Morgan fingerprint density at radius 1 is 1.17 bits per heavy atom. The van der Waals surface area contributed by atoms with Crippen molar-refractivity contribution < 1.29 is 19.3 Å². The van der Waals surface area contributed by atoms with Crippen molar-refractivity contribution in [2.45, 2.75) is 6.92 Å². The van der Waals surface area contributed by atoms with Crippen LogP contribution in [0, 0.1) is 10.1 Å². The van der Waals surface area contributed by atoms with Crippen LogP contribution in [0.3, 0.4) is 0 Å². The fourth-order valence-electron chi connectivity index (χ4n) is 1.78. The van der Waals surface area contributed by atoms with Crippen molar-refractivity contribution in [1.82, 2.24) is 4.90 Å². The zero-order valence-corrected chi connectivity index (χ0v) is 9.37. The van der Waals surface area contributed by atoms with Crippen LogP contribution in [-0.2, 0) is 4.79 Å². The molecule has 0 radical (unpaired) electrons. The van der Waals surface area contributed by atoms with E-state index >= 15 is 0 Å². The number of nitrogens with zero attached hydrogens (tertiary/aromatic N) is 2. The Morgan fingerprint density at radius 3 is 2.39 bits per heavy atom. The number of Topliss-reactive ketones (excluding diaryl/α,β-unsaturated/α-hetero) is 1. The van der Waals surface area contributed by atoms with Crippen molar-refractivity contribution in [1.29, 1.82) is 0 Å². The Hall–Kier alpha value is -2.57. The highest BCUT2D eigenvalue weighted by atomic mass is 16.6. The molecular formula is C11H8N2O5. The van der Waals surface area contributed by atoms with Gasteiger partial charge in [0.1, 0.15) is 0 Å². The Bertz CT molecular complexity index is 593. The summed E-state index contributed by atoms with van der Waals surface area (Å²) in [7, 11) is 0. The average Bonchev–Trinajstić information content (AvgIpc) is 2.36. The second-order valence-electron chi connectivity index (χ2n) is 3.67. The number of rotatable bonds is 2. The zero-order chi connectivity index (χ0) is 13.4. The number of benzene rings is 1. The van der Waals surface area contributed by atoms with Gasteiger partial charge in [-0.25, -0.2) is 0 Å². The van der Waals surface area contributed by atoms with E-state index in [1.54, 1.807) is 6.92 Å². The van der Waals surface area contributed by atoms with Crippen molar-refractivity contribution >= 4 is 23.3 Å². The van der Waals surface area contributed by atoms with Gasteiger partial charge in [0.25, 0.3) is 17.4 Å². The molecule has 1 aliphatic rings. The normalized spacial score (nSPS) is 14.7. The number of amides is 2. The first kappa shape index (κ1) is 11.9. The molecule has 1 aromatic rings. The molecule has 2 rings (SSSR count). The van der Waals surface area contributed by atoms with E-state index in [1.165, 1.54) is 0 Å². The van der Waals surface area contributed by atoms with Gasteiger partial charge in [0.2, 0.25) is 0 Å². The van der Waals surface area contributed by atoms with Crippen LogP contribution in [0.1, 0.15) is 27.6 Å². The predicted octanol–water partition coefficient (Wildman–Crippen LogP) is 0.780. The van der Waals surface area contributed by atoms with E-state index in [0.717, 1.165) is 23.1 Å². The van der Waals surface area contributed by atoms with Crippen LogP contribution < -0.4 is 0 Å². The Morgan fingerprint density at radius 2 is 1.83 bits per heavy atom. The van der Waals surface area contributed by atoms with Crippen LogP contribution in [-0.4, -0.2) is 34.0 Å². The van der Waals surface area contributed by atoms with Gasteiger partial charge in [0.05, 0.1) is 10.5 Å². The maximum Gasteiger partial charge on any atom is 0.301 e. The molecule has 0 fully saturated rings. The Balaban J connectivity index is 2.63. The topological polar surface area (TPSA) is 97.6 Å². The summed E-state index contributed by atoms with van der Waals surface area (Å²) >= 11 is 0. The minimum Gasteiger partial charge on any atom is -0.283 e. The van der Waals surface area contributed by atoms with E-state index in [2.05, 4.69) is 0 Å². The second-order valence-corrected chi connectivity index (χ2v) is 3.67. The van der Waals surface area contributed by atoms with Gasteiger partial charge in [-0.3, -0.25) is 29.4 Å². The van der Waals surface area contributed by atoms with E-state index in [1.807, 2.05) is 0 Å². The molecule has 0 atom stereocenters. The molecule has 0 saturated carbocycles. The summed E-state index contributed by atoms with van der Waals surface area (Å²) in [6.07, 6.45) is 0. The van der Waals surface area contributed by atoms with Crippen molar-refractivity contribution in [3.05, 3.63) is 39.4 Å². The molecule has 0 spiro atoms. The first-order valence-corrected chi connectivity index (χ1v) is 5.16. The Labute approximate surface area is 101 Å². The number of carbonyl (C=O) groups is 3. The predicted molar refractivity (Wildman–Crippen MR) is 59.1 cm³/mol. The van der Waals surface area contributed by atoms with E-state index in [4.69, 9.17) is 0 Å². The summed E-state index contributed by atoms with van der Waals surface area (Å²) in [4.78, 5) is 45.9. The van der Waals surface area contributed by atoms with Crippen LogP contribution in [0.15, 0.2) is 18.2 Å². The molecule has 1 heterocycles. The fraction of sp³-hybridized carbons (Fsp3) is 0.182. The van der Waals surface area contributed by atoms with Gasteiger partial charge in [-0.1, -0.05) is 0 Å². The number of fused-ring (bicyclic) bond motifs is 1. The number of imide groups is 1. The fourth-order valence-corrected chi connectivity index (χ4v) is 1.78. The highest BCUT2D eigenvalue weighted by molar-refractivity contribution is 6.49. The summed E-state index contributed by atoms with van der Waals surface area (Å²) in [6.45, 7) is 1.59. The molecule has 1 aromatic carbocycles. The molecule has 0 unspecified atom stereocenters. The van der Waals surface area contributed by atoms with Crippen molar-refractivity contribution in [3.8, 4) is 0 Å². The maximum atomic E-state index is 11.9. The van der Waals surface area contributed by atoms with Gasteiger partial charge >= 0.3 is 5.91 Å². The van der Waals surface area contributed by atoms with Gasteiger partial charge < -0.3 is 0 Å². The Kier molecular flexibility index (Phi) is 2.66. The summed E-state index contributed by atoms with van der Waals surface area (Å²) in [5.74, 6) is -2.40. The van der Waals surface area contributed by atoms with Crippen molar-refractivity contribution in [3.63, 3.8) is 0 Å². The minimum atomic E-state index is -0.899. The lowest BCUT2D eigenvalue weighted by Crippen LogP contribution is -2.45. The van der Waals surface area contributed by atoms with Crippen LogP contribution in [0.4, 0.5) is 5.69 Å². The smallest absolute Gasteiger partial charge is 0.283 e. The van der Waals surface area contributed by atoms with Crippen LogP contribution in [0.2, 0.25) is 0 Å². The van der Waals surface area contributed by atoms with E-state index in [9.17, 15) is 24.5 Å². The van der Waals surface area contributed by atoms with Gasteiger partial charge in [-0.2, -0.15) is 0 Å². The third kappa shape index (κ3) is 1.56. The number of nitro groups is 1. The second kappa shape index (κ2) is 4.02. The summed E-state index contributed by atoms with van der Waals surface area (Å²) in [6, 6.07) is 3.25. The molecule has 0 aliphatic carbocycles. The number of non-ortho nitro benzene ring substituents is 1. The largest absolute Gasteiger partial charge is 0.301 e. The SMILES string of the molecule is CCN1C(=O)C(=O)c2ccc([N+](=O)[O-])cc2C1=O. The van der Waals surface area contributed by atoms with E-state index < -0.39 is 22.5 Å². The number of hydrogen-bond donors (Lipinski definition) is 0. The quantitative estimate of drug-likeness (QED) is 0.333. The molecule has 7 heteroatoms. The summed E-state index contributed by atoms with van der Waals surface area (Å²) in [5.41, 5.74) is -0.476. The first-order chi connectivity index (χ1) is 8.47. The number of likely N-dealkylation sites (N-methyl/N-ethyl adjacent to an activating group) is 1. The minimum absolute atomic E-state index is 0.0472.